The summed E-state index contributed by atoms with van der Waals surface area (Å²) in [5.74, 6) is -1.27. The zero-order valence-corrected chi connectivity index (χ0v) is 18.3. The molecule has 0 heterocycles. The lowest BCUT2D eigenvalue weighted by molar-refractivity contribution is -0.124. The molecule has 3 aromatic carbocycles. The number of hydrogen-bond donors (Lipinski definition) is 2. The maximum Gasteiger partial charge on any atom is 0.338 e. The summed E-state index contributed by atoms with van der Waals surface area (Å²) in [6.45, 7) is 4.63. The molecule has 3 aromatic rings. The van der Waals surface area contributed by atoms with Crippen molar-refractivity contribution >= 4 is 32.7 Å². The summed E-state index contributed by atoms with van der Waals surface area (Å²) in [4.78, 5) is 24.6. The largest absolute Gasteiger partial charge is 0.452 e. The molecule has 8 heteroatoms. The number of nitrogens with one attached hydrogen (secondary N) is 1. The van der Waals surface area contributed by atoms with Gasteiger partial charge in [0.1, 0.15) is 0 Å². The number of esters is 1. The highest BCUT2D eigenvalue weighted by Crippen LogP contribution is 2.24. The number of primary sulfonamides is 1. The highest BCUT2D eigenvalue weighted by molar-refractivity contribution is 7.89. The first-order chi connectivity index (χ1) is 14.6. The third-order valence-electron chi connectivity index (χ3n) is 5.16. The van der Waals surface area contributed by atoms with Gasteiger partial charge in [-0.15, -0.1) is 0 Å². The van der Waals surface area contributed by atoms with Gasteiger partial charge in [0, 0.05) is 0 Å². The normalized spacial score (nSPS) is 12.4. The van der Waals surface area contributed by atoms with Crippen LogP contribution < -0.4 is 10.5 Å². The van der Waals surface area contributed by atoms with Crippen LogP contribution in [0.25, 0.3) is 10.8 Å². The minimum Gasteiger partial charge on any atom is -0.452 e. The van der Waals surface area contributed by atoms with Crippen LogP contribution in [-0.4, -0.2) is 26.9 Å². The summed E-state index contributed by atoms with van der Waals surface area (Å²) >= 11 is 0. The zero-order chi connectivity index (χ0) is 22.8. The molecule has 1 atom stereocenters. The van der Waals surface area contributed by atoms with Crippen LogP contribution in [-0.2, 0) is 19.6 Å². The van der Waals surface area contributed by atoms with Crippen molar-refractivity contribution in [2.24, 2.45) is 5.14 Å². The topological polar surface area (TPSA) is 116 Å². The van der Waals surface area contributed by atoms with E-state index in [1.807, 2.05) is 49.4 Å². The molecular weight excluding hydrogens is 416 g/mol. The van der Waals surface area contributed by atoms with E-state index in [-0.39, 0.29) is 16.5 Å². The number of carbonyl (C=O) groups is 2. The van der Waals surface area contributed by atoms with Gasteiger partial charge in [-0.1, -0.05) is 42.5 Å². The second-order valence-electron chi connectivity index (χ2n) is 7.39. The molecule has 3 rings (SSSR count). The Bertz CT molecular complexity index is 1260. The molecule has 162 valence electrons. The Morgan fingerprint density at radius 3 is 2.45 bits per heavy atom. The van der Waals surface area contributed by atoms with Crippen LogP contribution in [0.4, 0.5) is 0 Å². The third kappa shape index (κ3) is 5.10. The van der Waals surface area contributed by atoms with Crippen molar-refractivity contribution in [1.82, 2.24) is 5.32 Å². The molecule has 3 N–H and O–H groups in total. The lowest BCUT2D eigenvalue weighted by Crippen LogP contribution is -2.31. The molecule has 0 saturated carbocycles. The molecule has 0 bridgehead atoms. The number of hydrogen-bond acceptors (Lipinski definition) is 5. The van der Waals surface area contributed by atoms with E-state index in [0.29, 0.717) is 11.1 Å². The Morgan fingerprint density at radius 1 is 1.06 bits per heavy atom. The van der Waals surface area contributed by atoms with Crippen LogP contribution in [0.3, 0.4) is 0 Å². The van der Waals surface area contributed by atoms with Gasteiger partial charge in [0.15, 0.2) is 6.61 Å². The molecule has 0 unspecified atom stereocenters. The van der Waals surface area contributed by atoms with Crippen LogP contribution in [0.5, 0.6) is 0 Å². The fourth-order valence-corrected chi connectivity index (χ4v) is 4.32. The summed E-state index contributed by atoms with van der Waals surface area (Å²) in [5.41, 5.74) is 2.00. The fourth-order valence-electron chi connectivity index (χ4n) is 3.44. The second-order valence-corrected chi connectivity index (χ2v) is 8.92. The summed E-state index contributed by atoms with van der Waals surface area (Å²) in [6.07, 6.45) is 0. The molecule has 0 saturated heterocycles. The molecule has 7 nitrogen and oxygen atoms in total. The van der Waals surface area contributed by atoms with Crippen molar-refractivity contribution in [2.45, 2.75) is 31.7 Å². The van der Waals surface area contributed by atoms with Gasteiger partial charge in [-0.2, -0.15) is 0 Å². The van der Waals surface area contributed by atoms with E-state index < -0.39 is 28.5 Å². The molecule has 0 spiro atoms. The van der Waals surface area contributed by atoms with Gasteiger partial charge in [0.2, 0.25) is 10.0 Å². The van der Waals surface area contributed by atoms with Crippen LogP contribution in [0.1, 0.15) is 40.0 Å². The standard InChI is InChI=1S/C23H24N2O5S/c1-14-11-18(12-21(15(14)2)31(24,28)29)23(27)30-13-22(26)25-16(3)19-10-6-8-17-7-4-5-9-20(17)19/h4-12,16H,13H2,1-3H3,(H,25,26)(H2,24,28,29)/t16-/m1/s1. The Balaban J connectivity index is 1.68. The first kappa shape index (κ1) is 22.5. The van der Waals surface area contributed by atoms with Crippen LogP contribution in [0.2, 0.25) is 0 Å². The van der Waals surface area contributed by atoms with Crippen molar-refractivity contribution in [3.8, 4) is 0 Å². The second kappa shape index (κ2) is 8.87. The summed E-state index contributed by atoms with van der Waals surface area (Å²) in [6, 6.07) is 16.1. The molecule has 0 radical (unpaired) electrons. The van der Waals surface area contributed by atoms with E-state index in [4.69, 9.17) is 9.88 Å². The third-order valence-corrected chi connectivity index (χ3v) is 6.20. The van der Waals surface area contributed by atoms with Gasteiger partial charge >= 0.3 is 5.97 Å². The monoisotopic (exact) mass is 440 g/mol. The average molecular weight is 441 g/mol. The van der Waals surface area contributed by atoms with Crippen LogP contribution in [0.15, 0.2) is 59.5 Å². The molecule has 0 aromatic heterocycles. The highest BCUT2D eigenvalue weighted by atomic mass is 32.2. The van der Waals surface area contributed by atoms with E-state index in [1.54, 1.807) is 13.8 Å². The predicted octanol–water partition coefficient (Wildman–Crippen LogP) is 3.14. The van der Waals surface area contributed by atoms with Gasteiger partial charge in [-0.05, 0) is 60.4 Å². The smallest absolute Gasteiger partial charge is 0.338 e. The maximum atomic E-state index is 12.4. The Labute approximate surface area is 181 Å². The number of carbonyl (C=O) groups excluding carboxylic acids is 2. The predicted molar refractivity (Wildman–Crippen MR) is 118 cm³/mol. The Morgan fingerprint density at radius 2 is 1.74 bits per heavy atom. The lowest BCUT2D eigenvalue weighted by atomic mass is 10.00. The van der Waals surface area contributed by atoms with E-state index >= 15 is 0 Å². The first-order valence-corrected chi connectivity index (χ1v) is 11.2. The van der Waals surface area contributed by atoms with E-state index in [2.05, 4.69) is 5.32 Å². The summed E-state index contributed by atoms with van der Waals surface area (Å²) in [7, 11) is -3.99. The van der Waals surface area contributed by atoms with Crippen molar-refractivity contribution < 1.29 is 22.7 Å². The van der Waals surface area contributed by atoms with Gasteiger partial charge in [-0.25, -0.2) is 18.4 Å². The molecule has 1 amide bonds. The fraction of sp³-hybridized carbons (Fsp3) is 0.217. The first-order valence-electron chi connectivity index (χ1n) is 9.66. The quantitative estimate of drug-likeness (QED) is 0.572. The number of nitrogens with two attached hydrogens (primary N) is 1. The van der Waals surface area contributed by atoms with Crippen molar-refractivity contribution in [3.05, 3.63) is 76.9 Å². The molecule has 0 aliphatic carbocycles. The number of rotatable bonds is 6. The molecule has 0 aliphatic rings. The minimum absolute atomic E-state index is 0.0158. The number of ether oxygens (including phenoxy) is 1. The van der Waals surface area contributed by atoms with Gasteiger partial charge in [-0.3, -0.25) is 4.79 Å². The molecule has 31 heavy (non-hydrogen) atoms. The number of benzene rings is 3. The van der Waals surface area contributed by atoms with Crippen molar-refractivity contribution in [3.63, 3.8) is 0 Å². The number of aryl methyl sites for hydroxylation is 1. The van der Waals surface area contributed by atoms with Crippen LogP contribution >= 0.6 is 0 Å². The number of amides is 1. The molecule has 0 aliphatic heterocycles. The van der Waals surface area contributed by atoms with E-state index in [9.17, 15) is 18.0 Å². The summed E-state index contributed by atoms with van der Waals surface area (Å²) in [5, 5.41) is 10.1. The van der Waals surface area contributed by atoms with Crippen molar-refractivity contribution in [1.29, 1.82) is 0 Å². The highest BCUT2D eigenvalue weighted by Gasteiger charge is 2.19. The van der Waals surface area contributed by atoms with Crippen LogP contribution in [0, 0.1) is 13.8 Å². The van der Waals surface area contributed by atoms with Gasteiger partial charge in [0.05, 0.1) is 16.5 Å². The Hall–Kier alpha value is -3.23. The molecular formula is C23H24N2O5S. The molecule has 0 fully saturated rings. The average Bonchev–Trinajstić information content (AvgIpc) is 2.72. The SMILES string of the molecule is Cc1cc(C(=O)OCC(=O)N[C@H](C)c2cccc3ccccc23)cc(S(N)(=O)=O)c1C. The van der Waals surface area contributed by atoms with Crippen molar-refractivity contribution in [2.75, 3.05) is 6.61 Å². The minimum atomic E-state index is -3.99. The maximum absolute atomic E-state index is 12.4. The zero-order valence-electron chi connectivity index (χ0n) is 17.5. The Kier molecular flexibility index (Phi) is 6.42. The lowest BCUT2D eigenvalue weighted by Gasteiger charge is -2.17. The van der Waals surface area contributed by atoms with E-state index in [1.165, 1.54) is 6.07 Å². The van der Waals surface area contributed by atoms with Gasteiger partial charge < -0.3 is 10.1 Å². The number of fused-ring (bicyclic) bond motifs is 1. The van der Waals surface area contributed by atoms with Gasteiger partial charge in [0.25, 0.3) is 5.91 Å². The summed E-state index contributed by atoms with van der Waals surface area (Å²) < 4.78 is 28.6. The number of sulfonamides is 1. The van der Waals surface area contributed by atoms with E-state index in [0.717, 1.165) is 22.4 Å².